The van der Waals surface area contributed by atoms with Gasteiger partial charge in [0.1, 0.15) is 11.4 Å². The van der Waals surface area contributed by atoms with Crippen LogP contribution in [0.25, 0.3) is 11.4 Å². The van der Waals surface area contributed by atoms with E-state index < -0.39 is 0 Å². The molecule has 0 radical (unpaired) electrons. The molecule has 144 valence electrons. The lowest BCUT2D eigenvalue weighted by atomic mass is 10.1. The monoisotopic (exact) mass is 396 g/mol. The van der Waals surface area contributed by atoms with Crippen LogP contribution in [0.5, 0.6) is 11.6 Å². The molecular formula is C21H21ClN4O2. The van der Waals surface area contributed by atoms with Crippen LogP contribution in [0.15, 0.2) is 48.5 Å². The van der Waals surface area contributed by atoms with Crippen LogP contribution in [0.2, 0.25) is 5.02 Å². The van der Waals surface area contributed by atoms with Gasteiger partial charge in [0.25, 0.3) is 0 Å². The van der Waals surface area contributed by atoms with Gasteiger partial charge in [-0.1, -0.05) is 35.4 Å². The van der Waals surface area contributed by atoms with Crippen LogP contribution in [0.4, 0.5) is 0 Å². The molecule has 2 aromatic carbocycles. The highest BCUT2D eigenvalue weighted by Crippen LogP contribution is 2.27. The van der Waals surface area contributed by atoms with Crippen LogP contribution in [0.3, 0.4) is 0 Å². The van der Waals surface area contributed by atoms with E-state index in [1.165, 1.54) is 0 Å². The van der Waals surface area contributed by atoms with Crippen molar-refractivity contribution in [3.8, 4) is 23.0 Å². The average molecular weight is 397 g/mol. The molecule has 2 heterocycles. The molecule has 0 amide bonds. The molecule has 0 N–H and O–H groups in total. The van der Waals surface area contributed by atoms with E-state index >= 15 is 0 Å². The number of aromatic nitrogens is 3. The van der Waals surface area contributed by atoms with Gasteiger partial charge in [-0.15, -0.1) is 10.2 Å². The molecule has 1 fully saturated rings. The average Bonchev–Trinajstić information content (AvgIpc) is 2.72. The van der Waals surface area contributed by atoms with Crippen LogP contribution in [-0.2, 0) is 11.3 Å². The number of ether oxygens (including phenoxy) is 2. The summed E-state index contributed by atoms with van der Waals surface area (Å²) in [5.41, 5.74) is 2.75. The van der Waals surface area contributed by atoms with Crippen molar-refractivity contribution < 1.29 is 9.47 Å². The quantitative estimate of drug-likeness (QED) is 0.646. The molecule has 7 heteroatoms. The summed E-state index contributed by atoms with van der Waals surface area (Å²) in [6.45, 7) is 5.78. The summed E-state index contributed by atoms with van der Waals surface area (Å²) in [4.78, 5) is 6.94. The third-order valence-electron chi connectivity index (χ3n) is 4.50. The molecule has 0 atom stereocenters. The molecule has 4 rings (SSSR count). The Bertz CT molecular complexity index is 943. The molecule has 0 bridgehead atoms. The first-order valence-corrected chi connectivity index (χ1v) is 9.59. The Morgan fingerprint density at radius 1 is 1.07 bits per heavy atom. The minimum absolute atomic E-state index is 0.459. The van der Waals surface area contributed by atoms with Crippen molar-refractivity contribution in [1.82, 2.24) is 20.1 Å². The smallest absolute Gasteiger partial charge is 0.246 e. The van der Waals surface area contributed by atoms with Crippen molar-refractivity contribution in [3.63, 3.8) is 0 Å². The second-order valence-electron chi connectivity index (χ2n) is 6.70. The summed E-state index contributed by atoms with van der Waals surface area (Å²) in [5.74, 6) is 1.65. The molecule has 28 heavy (non-hydrogen) atoms. The molecule has 0 aliphatic carbocycles. The van der Waals surface area contributed by atoms with E-state index in [0.29, 0.717) is 34.7 Å². The lowest BCUT2D eigenvalue weighted by Crippen LogP contribution is -2.36. The van der Waals surface area contributed by atoms with Crippen LogP contribution in [-0.4, -0.2) is 46.4 Å². The summed E-state index contributed by atoms with van der Waals surface area (Å²) in [5, 5.41) is 9.45. The van der Waals surface area contributed by atoms with Crippen LogP contribution >= 0.6 is 11.6 Å². The maximum atomic E-state index is 6.07. The number of aryl methyl sites for hydroxylation is 1. The molecule has 3 aromatic rings. The van der Waals surface area contributed by atoms with E-state index in [1.807, 2.05) is 43.3 Å². The SMILES string of the molecule is Cc1cccc(-c2nnc(CN3CCOCC3)c(Oc3ccc(Cl)cc3)n2)c1. The van der Waals surface area contributed by atoms with Gasteiger partial charge >= 0.3 is 0 Å². The normalized spacial score (nSPS) is 14.8. The van der Waals surface area contributed by atoms with Crippen molar-refractivity contribution in [1.29, 1.82) is 0 Å². The van der Waals surface area contributed by atoms with E-state index in [0.717, 1.165) is 37.4 Å². The van der Waals surface area contributed by atoms with E-state index in [9.17, 15) is 0 Å². The largest absolute Gasteiger partial charge is 0.437 e. The zero-order valence-electron chi connectivity index (χ0n) is 15.6. The molecule has 1 aliphatic heterocycles. The number of morpholine rings is 1. The van der Waals surface area contributed by atoms with Gasteiger partial charge in [-0.2, -0.15) is 4.98 Å². The van der Waals surface area contributed by atoms with E-state index in [4.69, 9.17) is 21.1 Å². The Kier molecular flexibility index (Phi) is 5.81. The molecule has 6 nitrogen and oxygen atoms in total. The van der Waals surface area contributed by atoms with Crippen LogP contribution in [0.1, 0.15) is 11.3 Å². The second-order valence-corrected chi connectivity index (χ2v) is 7.14. The minimum Gasteiger partial charge on any atom is -0.437 e. The van der Waals surface area contributed by atoms with Crippen LogP contribution in [0, 0.1) is 6.92 Å². The Labute approximate surface area is 169 Å². The summed E-state index contributed by atoms with van der Waals surface area (Å²) in [7, 11) is 0. The van der Waals surface area contributed by atoms with E-state index in [1.54, 1.807) is 12.1 Å². The number of nitrogens with zero attached hydrogens (tertiary/aromatic N) is 4. The first kappa shape index (κ1) is 18.8. The Hall–Kier alpha value is -2.54. The summed E-state index contributed by atoms with van der Waals surface area (Å²) in [6, 6.07) is 15.2. The number of hydrogen-bond donors (Lipinski definition) is 0. The number of benzene rings is 2. The lowest BCUT2D eigenvalue weighted by Gasteiger charge is -2.26. The van der Waals surface area contributed by atoms with Gasteiger partial charge in [0, 0.05) is 30.2 Å². The van der Waals surface area contributed by atoms with E-state index in [-0.39, 0.29) is 0 Å². The standard InChI is InChI=1S/C21H21ClN4O2/c1-15-3-2-4-16(13-15)20-23-21(28-18-7-5-17(22)6-8-18)19(24-25-20)14-26-9-11-27-12-10-26/h2-8,13H,9-12,14H2,1H3. The fourth-order valence-corrected chi connectivity index (χ4v) is 3.13. The Balaban J connectivity index is 1.66. The topological polar surface area (TPSA) is 60.4 Å². The highest BCUT2D eigenvalue weighted by atomic mass is 35.5. The maximum absolute atomic E-state index is 6.07. The third-order valence-corrected chi connectivity index (χ3v) is 4.75. The van der Waals surface area contributed by atoms with Crippen molar-refractivity contribution >= 4 is 11.6 Å². The van der Waals surface area contributed by atoms with Gasteiger partial charge < -0.3 is 9.47 Å². The molecule has 1 saturated heterocycles. The number of rotatable bonds is 5. The molecule has 1 aliphatic rings. The second kappa shape index (κ2) is 8.65. The van der Waals surface area contributed by atoms with Crippen LogP contribution < -0.4 is 4.74 Å². The number of halogens is 1. The zero-order valence-corrected chi connectivity index (χ0v) is 16.4. The Morgan fingerprint density at radius 3 is 2.61 bits per heavy atom. The molecule has 0 saturated carbocycles. The van der Waals surface area contributed by atoms with Gasteiger partial charge in [0.2, 0.25) is 5.88 Å². The fraction of sp³-hybridized carbons (Fsp3) is 0.286. The Morgan fingerprint density at radius 2 is 1.86 bits per heavy atom. The van der Waals surface area contributed by atoms with Gasteiger partial charge in [-0.3, -0.25) is 4.90 Å². The molecule has 0 spiro atoms. The maximum Gasteiger partial charge on any atom is 0.246 e. The van der Waals surface area contributed by atoms with Crippen molar-refractivity contribution in [2.45, 2.75) is 13.5 Å². The first-order valence-electron chi connectivity index (χ1n) is 9.21. The first-order chi connectivity index (χ1) is 13.7. The van der Waals surface area contributed by atoms with Crippen molar-refractivity contribution in [3.05, 3.63) is 64.8 Å². The molecule has 1 aromatic heterocycles. The van der Waals surface area contributed by atoms with Crippen molar-refractivity contribution in [2.24, 2.45) is 0 Å². The predicted molar refractivity (Wildman–Crippen MR) is 108 cm³/mol. The third kappa shape index (κ3) is 4.65. The molecule has 0 unspecified atom stereocenters. The zero-order chi connectivity index (χ0) is 19.3. The summed E-state index contributed by atoms with van der Waals surface area (Å²) >= 11 is 5.98. The van der Waals surface area contributed by atoms with Gasteiger partial charge in [0.05, 0.1) is 13.2 Å². The number of hydrogen-bond acceptors (Lipinski definition) is 6. The summed E-state index contributed by atoms with van der Waals surface area (Å²) < 4.78 is 11.5. The summed E-state index contributed by atoms with van der Waals surface area (Å²) in [6.07, 6.45) is 0. The van der Waals surface area contributed by atoms with E-state index in [2.05, 4.69) is 20.1 Å². The fourth-order valence-electron chi connectivity index (χ4n) is 3.01. The van der Waals surface area contributed by atoms with Gasteiger partial charge in [-0.25, -0.2) is 0 Å². The van der Waals surface area contributed by atoms with Crippen molar-refractivity contribution in [2.75, 3.05) is 26.3 Å². The highest BCUT2D eigenvalue weighted by molar-refractivity contribution is 6.30. The molecular weight excluding hydrogens is 376 g/mol. The van der Waals surface area contributed by atoms with Gasteiger partial charge in [0.15, 0.2) is 5.82 Å². The van der Waals surface area contributed by atoms with Gasteiger partial charge in [-0.05, 0) is 37.3 Å². The lowest BCUT2D eigenvalue weighted by molar-refractivity contribution is 0.0331. The highest BCUT2D eigenvalue weighted by Gasteiger charge is 2.18. The predicted octanol–water partition coefficient (Wildman–Crippen LogP) is 4.12. The minimum atomic E-state index is 0.459.